The number of carbonyl (C=O) groups excluding carboxylic acids is 1. The summed E-state index contributed by atoms with van der Waals surface area (Å²) in [5.74, 6) is 0.257. The van der Waals surface area contributed by atoms with E-state index in [4.69, 9.17) is 4.74 Å². The fourth-order valence-corrected chi connectivity index (χ4v) is 10.4. The van der Waals surface area contributed by atoms with Crippen LogP contribution in [0.1, 0.15) is 19.8 Å². The van der Waals surface area contributed by atoms with E-state index in [2.05, 4.69) is 97.9 Å². The molecule has 3 heteroatoms. The van der Waals surface area contributed by atoms with Crippen LogP contribution in [0.2, 0.25) is 6.04 Å². The van der Waals surface area contributed by atoms with Gasteiger partial charge in [0.2, 0.25) is 0 Å². The molecule has 1 saturated carbocycles. The molecule has 0 aromatic heterocycles. The predicted octanol–water partition coefficient (Wildman–Crippen LogP) is 3.75. The second-order valence-electron chi connectivity index (χ2n) is 8.35. The molecule has 148 valence electrons. The largest absolute Gasteiger partial charge is 0.469 e. The maximum Gasteiger partial charge on any atom is 0.311 e. The van der Waals surface area contributed by atoms with Crippen LogP contribution in [0.25, 0.3) is 0 Å². The molecule has 0 bridgehead atoms. The predicted molar refractivity (Wildman–Crippen MR) is 122 cm³/mol. The average Bonchev–Trinajstić information content (AvgIpc) is 2.80. The summed E-state index contributed by atoms with van der Waals surface area (Å²) in [6.45, 7) is 2.09. The van der Waals surface area contributed by atoms with Gasteiger partial charge in [-0.3, -0.25) is 4.79 Å². The van der Waals surface area contributed by atoms with Crippen LogP contribution < -0.4 is 15.6 Å². The highest BCUT2D eigenvalue weighted by Crippen LogP contribution is 2.50. The highest BCUT2D eigenvalue weighted by Gasteiger charge is 2.54. The molecule has 1 aliphatic carbocycles. The van der Waals surface area contributed by atoms with Gasteiger partial charge in [0.1, 0.15) is 8.07 Å². The van der Waals surface area contributed by atoms with E-state index in [-0.39, 0.29) is 11.4 Å². The van der Waals surface area contributed by atoms with E-state index >= 15 is 0 Å². The lowest BCUT2D eigenvalue weighted by Gasteiger charge is -2.49. The molecule has 29 heavy (non-hydrogen) atoms. The molecule has 3 aromatic rings. The first-order valence-corrected chi connectivity index (χ1v) is 12.6. The molecule has 0 amide bonds. The summed E-state index contributed by atoms with van der Waals surface area (Å²) in [5, 5.41) is 4.20. The zero-order valence-electron chi connectivity index (χ0n) is 17.2. The molecular weight excluding hydrogens is 372 g/mol. The van der Waals surface area contributed by atoms with Gasteiger partial charge in [-0.25, -0.2) is 0 Å². The number of hydrogen-bond acceptors (Lipinski definition) is 2. The summed E-state index contributed by atoms with van der Waals surface area (Å²) < 4.78 is 5.20. The second-order valence-corrected chi connectivity index (χ2v) is 12.3. The van der Waals surface area contributed by atoms with E-state index < -0.39 is 8.07 Å². The van der Waals surface area contributed by atoms with Gasteiger partial charge in [0.05, 0.1) is 12.5 Å². The van der Waals surface area contributed by atoms with Crippen LogP contribution in [-0.4, -0.2) is 21.2 Å². The smallest absolute Gasteiger partial charge is 0.311 e. The normalized spacial score (nSPS) is 21.2. The van der Waals surface area contributed by atoms with Gasteiger partial charge >= 0.3 is 5.97 Å². The van der Waals surface area contributed by atoms with Crippen molar-refractivity contribution >= 4 is 29.6 Å². The molecule has 2 nitrogen and oxygen atoms in total. The van der Waals surface area contributed by atoms with E-state index in [0.29, 0.717) is 5.92 Å². The lowest BCUT2D eigenvalue weighted by Crippen LogP contribution is -2.69. The fourth-order valence-electron chi connectivity index (χ4n) is 5.00. The quantitative estimate of drug-likeness (QED) is 0.358. The van der Waals surface area contributed by atoms with Gasteiger partial charge in [0.25, 0.3) is 0 Å². The first-order chi connectivity index (χ1) is 14.1. The molecule has 0 aliphatic heterocycles. The van der Waals surface area contributed by atoms with Crippen molar-refractivity contribution < 1.29 is 9.53 Å². The van der Waals surface area contributed by atoms with Crippen LogP contribution in [0.15, 0.2) is 91.0 Å². The Morgan fingerprint density at radius 2 is 1.28 bits per heavy atom. The monoisotopic (exact) mass is 400 g/mol. The molecule has 1 aliphatic rings. The maximum atomic E-state index is 12.6. The molecule has 0 radical (unpaired) electrons. The molecule has 0 spiro atoms. The first kappa shape index (κ1) is 19.7. The molecule has 1 fully saturated rings. The SMILES string of the molecule is COC(=O)[C@@]1(C)CCC1C[Si](c1ccccc1)(c1ccccc1)c1ccccc1. The van der Waals surface area contributed by atoms with Gasteiger partial charge in [-0.05, 0) is 47.3 Å². The van der Waals surface area contributed by atoms with Gasteiger partial charge in [-0.15, -0.1) is 0 Å². The van der Waals surface area contributed by atoms with Crippen molar-refractivity contribution in [2.75, 3.05) is 7.11 Å². The standard InChI is InChI=1S/C26H28O2Si/c1-26(25(27)28-2)19-18-21(26)20-29(22-12-6-3-7-13-22,23-14-8-4-9-15-23)24-16-10-5-11-17-24/h3-17,21H,18-20H2,1-2H3/t21?,26-/m0/s1. The number of carbonyl (C=O) groups is 1. The third-order valence-corrected chi connectivity index (χ3v) is 12.0. The van der Waals surface area contributed by atoms with Crippen LogP contribution >= 0.6 is 0 Å². The van der Waals surface area contributed by atoms with Gasteiger partial charge < -0.3 is 4.74 Å². The Hall–Kier alpha value is -2.65. The third kappa shape index (κ3) is 3.34. The zero-order valence-corrected chi connectivity index (χ0v) is 18.2. The zero-order chi connectivity index (χ0) is 20.3. The van der Waals surface area contributed by atoms with Crippen LogP contribution in [0.4, 0.5) is 0 Å². The molecule has 3 aromatic carbocycles. The summed E-state index contributed by atoms with van der Waals surface area (Å²) in [4.78, 5) is 12.6. The Kier molecular flexibility index (Phi) is 5.42. The molecule has 0 N–H and O–H groups in total. The molecule has 0 heterocycles. The number of hydrogen-bond donors (Lipinski definition) is 0. The average molecular weight is 401 g/mol. The minimum absolute atomic E-state index is 0.0640. The topological polar surface area (TPSA) is 26.3 Å². The minimum atomic E-state index is -2.31. The van der Waals surface area contributed by atoms with Crippen LogP contribution in [-0.2, 0) is 9.53 Å². The van der Waals surface area contributed by atoms with Gasteiger partial charge in [-0.1, -0.05) is 91.0 Å². The Bertz CT molecular complexity index is 859. The molecule has 1 unspecified atom stereocenters. The lowest BCUT2D eigenvalue weighted by atomic mass is 9.62. The highest BCUT2D eigenvalue weighted by molar-refractivity contribution is 7.11. The molecule has 0 saturated heterocycles. The minimum Gasteiger partial charge on any atom is -0.469 e. The van der Waals surface area contributed by atoms with E-state index in [1.54, 1.807) is 0 Å². The summed E-state index contributed by atoms with van der Waals surface area (Å²) in [5.41, 5.74) is -0.384. The fraction of sp³-hybridized carbons (Fsp3) is 0.269. The lowest BCUT2D eigenvalue weighted by molar-refractivity contribution is -0.162. The number of esters is 1. The van der Waals surface area contributed by atoms with Crippen molar-refractivity contribution in [3.63, 3.8) is 0 Å². The van der Waals surface area contributed by atoms with Gasteiger partial charge in [0, 0.05) is 0 Å². The van der Waals surface area contributed by atoms with Crippen molar-refractivity contribution in [1.29, 1.82) is 0 Å². The van der Waals surface area contributed by atoms with Crippen LogP contribution in [0, 0.1) is 11.3 Å². The van der Waals surface area contributed by atoms with E-state index in [0.717, 1.165) is 18.9 Å². The highest BCUT2D eigenvalue weighted by atomic mass is 28.3. The van der Waals surface area contributed by atoms with Crippen LogP contribution in [0.3, 0.4) is 0 Å². The van der Waals surface area contributed by atoms with Gasteiger partial charge in [-0.2, -0.15) is 0 Å². The summed E-state index contributed by atoms with van der Waals surface area (Å²) in [6.07, 6.45) is 1.99. The third-order valence-electron chi connectivity index (χ3n) is 6.92. The van der Waals surface area contributed by atoms with Crippen molar-refractivity contribution in [2.24, 2.45) is 11.3 Å². The van der Waals surface area contributed by atoms with Crippen molar-refractivity contribution in [2.45, 2.75) is 25.8 Å². The summed E-state index contributed by atoms with van der Waals surface area (Å²) in [7, 11) is -0.799. The van der Waals surface area contributed by atoms with Crippen molar-refractivity contribution in [1.82, 2.24) is 0 Å². The number of methoxy groups -OCH3 is 1. The Labute approximate surface area is 174 Å². The van der Waals surface area contributed by atoms with Crippen molar-refractivity contribution in [3.8, 4) is 0 Å². The Morgan fingerprint density at radius 1 is 0.862 bits per heavy atom. The van der Waals surface area contributed by atoms with Gasteiger partial charge in [0.15, 0.2) is 0 Å². The molecular formula is C26H28O2Si. The van der Waals surface area contributed by atoms with Crippen molar-refractivity contribution in [3.05, 3.63) is 91.0 Å². The summed E-state index contributed by atoms with van der Waals surface area (Å²) in [6, 6.07) is 33.8. The first-order valence-electron chi connectivity index (χ1n) is 10.4. The van der Waals surface area contributed by atoms with E-state index in [1.165, 1.54) is 22.7 Å². The number of rotatable bonds is 6. The molecule has 2 atom stereocenters. The number of ether oxygens (including phenoxy) is 1. The number of benzene rings is 3. The van der Waals surface area contributed by atoms with E-state index in [1.807, 2.05) is 0 Å². The van der Waals surface area contributed by atoms with Crippen LogP contribution in [0.5, 0.6) is 0 Å². The Morgan fingerprint density at radius 3 is 1.59 bits per heavy atom. The van der Waals surface area contributed by atoms with E-state index in [9.17, 15) is 4.79 Å². The second kappa shape index (κ2) is 8.00. The maximum absolute atomic E-state index is 12.6. The molecule has 4 rings (SSSR count). The Balaban J connectivity index is 1.90. The summed E-state index contributed by atoms with van der Waals surface area (Å²) >= 11 is 0.